The van der Waals surface area contributed by atoms with E-state index in [2.05, 4.69) is 10.6 Å². The molecule has 0 aromatic heterocycles. The zero-order valence-electron chi connectivity index (χ0n) is 10.8. The molecule has 6 heteroatoms. The van der Waals surface area contributed by atoms with Gasteiger partial charge in [-0.25, -0.2) is 4.79 Å². The van der Waals surface area contributed by atoms with Crippen LogP contribution in [-0.4, -0.2) is 23.0 Å². The van der Waals surface area contributed by atoms with Crippen LogP contribution in [0.25, 0.3) is 0 Å². The summed E-state index contributed by atoms with van der Waals surface area (Å²) in [6, 6.07) is 4.84. The Morgan fingerprint density at radius 1 is 1.05 bits per heavy atom. The largest absolute Gasteiger partial charge is 0.481 e. The quantitative estimate of drug-likeness (QED) is 0.772. The van der Waals surface area contributed by atoms with Gasteiger partial charge in [0.05, 0.1) is 6.42 Å². The molecule has 102 valence electrons. The van der Waals surface area contributed by atoms with Gasteiger partial charge in [-0.15, -0.1) is 0 Å². The molecule has 0 atom stereocenters. The lowest BCUT2D eigenvalue weighted by atomic mass is 10.1. The average molecular weight is 264 g/mol. The van der Waals surface area contributed by atoms with Crippen LogP contribution in [0.5, 0.6) is 0 Å². The fourth-order valence-corrected chi connectivity index (χ4v) is 1.62. The lowest BCUT2D eigenvalue weighted by molar-refractivity contribution is -0.138. The maximum Gasteiger partial charge on any atom is 0.325 e. The molecule has 0 saturated heterocycles. The number of benzene rings is 1. The summed E-state index contributed by atoms with van der Waals surface area (Å²) in [7, 11) is 0. The van der Waals surface area contributed by atoms with E-state index in [0.717, 1.165) is 11.1 Å². The van der Waals surface area contributed by atoms with Gasteiger partial charge in [0.2, 0.25) is 5.91 Å². The van der Waals surface area contributed by atoms with Crippen LogP contribution < -0.4 is 10.6 Å². The second-order valence-corrected chi connectivity index (χ2v) is 4.27. The number of carbonyl (C=O) groups excluding carboxylic acids is 2. The molecule has 0 unspecified atom stereocenters. The third-order valence-electron chi connectivity index (χ3n) is 2.30. The van der Waals surface area contributed by atoms with E-state index < -0.39 is 17.9 Å². The van der Waals surface area contributed by atoms with Crippen molar-refractivity contribution in [3.63, 3.8) is 0 Å². The van der Waals surface area contributed by atoms with Gasteiger partial charge in [-0.3, -0.25) is 14.9 Å². The molecule has 6 nitrogen and oxygen atoms in total. The lowest BCUT2D eigenvalue weighted by Gasteiger charge is -2.08. The first-order chi connectivity index (χ1) is 8.86. The summed E-state index contributed by atoms with van der Waals surface area (Å²) >= 11 is 0. The van der Waals surface area contributed by atoms with Crippen molar-refractivity contribution in [2.24, 2.45) is 0 Å². The van der Waals surface area contributed by atoms with Gasteiger partial charge >= 0.3 is 12.0 Å². The number of anilines is 1. The topological polar surface area (TPSA) is 95.5 Å². The van der Waals surface area contributed by atoms with Gasteiger partial charge in [0, 0.05) is 12.1 Å². The van der Waals surface area contributed by atoms with Crippen molar-refractivity contribution in [2.45, 2.75) is 26.7 Å². The smallest absolute Gasteiger partial charge is 0.325 e. The van der Waals surface area contributed by atoms with Gasteiger partial charge in [-0.1, -0.05) is 6.07 Å². The summed E-state index contributed by atoms with van der Waals surface area (Å²) in [4.78, 5) is 33.0. The SMILES string of the molecule is Cc1cc(C)cc(NC(=O)NC(=O)CCC(=O)O)c1. The summed E-state index contributed by atoms with van der Waals surface area (Å²) in [5, 5.41) is 13.0. The number of hydrogen-bond acceptors (Lipinski definition) is 3. The fraction of sp³-hybridized carbons (Fsp3) is 0.308. The van der Waals surface area contributed by atoms with Gasteiger partial charge in [-0.2, -0.15) is 0 Å². The highest BCUT2D eigenvalue weighted by Gasteiger charge is 2.10. The van der Waals surface area contributed by atoms with Crippen molar-refractivity contribution in [3.8, 4) is 0 Å². The van der Waals surface area contributed by atoms with E-state index in [1.54, 1.807) is 12.1 Å². The highest BCUT2D eigenvalue weighted by atomic mass is 16.4. The van der Waals surface area contributed by atoms with E-state index in [1.807, 2.05) is 19.9 Å². The second kappa shape index (κ2) is 6.53. The molecular formula is C13H16N2O4. The van der Waals surface area contributed by atoms with Crippen molar-refractivity contribution >= 4 is 23.6 Å². The number of carboxylic acid groups (broad SMARTS) is 1. The number of carbonyl (C=O) groups is 3. The molecule has 0 radical (unpaired) electrons. The molecule has 0 aliphatic carbocycles. The first-order valence-electron chi connectivity index (χ1n) is 5.78. The molecule has 0 spiro atoms. The molecule has 0 fully saturated rings. The van der Waals surface area contributed by atoms with Crippen LogP contribution >= 0.6 is 0 Å². The van der Waals surface area contributed by atoms with Crippen molar-refractivity contribution < 1.29 is 19.5 Å². The van der Waals surface area contributed by atoms with E-state index in [-0.39, 0.29) is 12.8 Å². The Morgan fingerprint density at radius 3 is 2.16 bits per heavy atom. The first-order valence-corrected chi connectivity index (χ1v) is 5.78. The first kappa shape index (κ1) is 14.7. The molecule has 0 aliphatic heterocycles. The summed E-state index contributed by atoms with van der Waals surface area (Å²) in [6.07, 6.45) is -0.529. The molecule has 19 heavy (non-hydrogen) atoms. The number of imide groups is 1. The Bertz CT molecular complexity index is 491. The molecule has 1 aromatic rings. The number of aryl methyl sites for hydroxylation is 2. The van der Waals surface area contributed by atoms with Crippen LogP contribution in [0.15, 0.2) is 18.2 Å². The predicted octanol–water partition coefficient (Wildman–Crippen LogP) is 1.82. The number of rotatable bonds is 4. The Morgan fingerprint density at radius 2 is 1.63 bits per heavy atom. The summed E-state index contributed by atoms with van der Waals surface area (Å²) in [5.74, 6) is -1.70. The Balaban J connectivity index is 2.51. The fourth-order valence-electron chi connectivity index (χ4n) is 1.62. The summed E-state index contributed by atoms with van der Waals surface area (Å²) in [5.41, 5.74) is 2.57. The third-order valence-corrected chi connectivity index (χ3v) is 2.30. The zero-order chi connectivity index (χ0) is 14.4. The maximum absolute atomic E-state index is 11.5. The number of nitrogens with one attached hydrogen (secondary N) is 2. The van der Waals surface area contributed by atoms with E-state index >= 15 is 0 Å². The maximum atomic E-state index is 11.5. The molecule has 0 saturated carbocycles. The second-order valence-electron chi connectivity index (χ2n) is 4.27. The van der Waals surface area contributed by atoms with Crippen molar-refractivity contribution in [3.05, 3.63) is 29.3 Å². The average Bonchev–Trinajstić information content (AvgIpc) is 2.24. The van der Waals surface area contributed by atoms with E-state index in [9.17, 15) is 14.4 Å². The third kappa shape index (κ3) is 5.67. The molecule has 1 rings (SSSR count). The van der Waals surface area contributed by atoms with E-state index in [1.165, 1.54) is 0 Å². The molecule has 3 amide bonds. The van der Waals surface area contributed by atoms with Gasteiger partial charge < -0.3 is 10.4 Å². The number of hydrogen-bond donors (Lipinski definition) is 3. The van der Waals surface area contributed by atoms with E-state index in [4.69, 9.17) is 5.11 Å². The van der Waals surface area contributed by atoms with Gasteiger partial charge in [0.25, 0.3) is 0 Å². The summed E-state index contributed by atoms with van der Waals surface area (Å²) < 4.78 is 0. The lowest BCUT2D eigenvalue weighted by Crippen LogP contribution is -2.34. The van der Waals surface area contributed by atoms with Gasteiger partial charge in [0.15, 0.2) is 0 Å². The monoisotopic (exact) mass is 264 g/mol. The number of aliphatic carboxylic acids is 1. The van der Waals surface area contributed by atoms with Crippen molar-refractivity contribution in [1.29, 1.82) is 0 Å². The zero-order valence-corrected chi connectivity index (χ0v) is 10.8. The number of amides is 3. The molecule has 0 heterocycles. The Kier molecular flexibility index (Phi) is 5.05. The minimum Gasteiger partial charge on any atom is -0.481 e. The predicted molar refractivity (Wildman–Crippen MR) is 69.9 cm³/mol. The van der Waals surface area contributed by atoms with Crippen LogP contribution in [0.1, 0.15) is 24.0 Å². The minimum absolute atomic E-state index is 0.227. The molecular weight excluding hydrogens is 248 g/mol. The van der Waals surface area contributed by atoms with Gasteiger partial charge in [-0.05, 0) is 37.1 Å². The highest BCUT2D eigenvalue weighted by molar-refractivity contribution is 6.01. The van der Waals surface area contributed by atoms with Crippen molar-refractivity contribution in [2.75, 3.05) is 5.32 Å². The Hall–Kier alpha value is -2.37. The minimum atomic E-state index is -1.08. The molecule has 1 aromatic carbocycles. The van der Waals surface area contributed by atoms with Crippen molar-refractivity contribution in [1.82, 2.24) is 5.32 Å². The van der Waals surface area contributed by atoms with Crippen LogP contribution in [0.4, 0.5) is 10.5 Å². The summed E-state index contributed by atoms with van der Waals surface area (Å²) in [6.45, 7) is 3.79. The molecule has 0 bridgehead atoms. The normalized spacial score (nSPS) is 9.79. The molecule has 3 N–H and O–H groups in total. The van der Waals surface area contributed by atoms with E-state index in [0.29, 0.717) is 5.69 Å². The van der Waals surface area contributed by atoms with Crippen LogP contribution in [0.3, 0.4) is 0 Å². The number of carboxylic acids is 1. The Labute approximate surface area is 110 Å². The van der Waals surface area contributed by atoms with Crippen LogP contribution in [0, 0.1) is 13.8 Å². The number of urea groups is 1. The van der Waals surface area contributed by atoms with Gasteiger partial charge in [0.1, 0.15) is 0 Å². The van der Waals surface area contributed by atoms with Crippen LogP contribution in [-0.2, 0) is 9.59 Å². The standard InChI is InChI=1S/C13H16N2O4/c1-8-5-9(2)7-10(6-8)14-13(19)15-11(16)3-4-12(17)18/h5-7H,3-4H2,1-2H3,(H,17,18)(H2,14,15,16,19). The molecule has 0 aliphatic rings. The highest BCUT2D eigenvalue weighted by Crippen LogP contribution is 2.13. The van der Waals surface area contributed by atoms with Crippen LogP contribution in [0.2, 0.25) is 0 Å².